The molecule has 1 aromatic rings. The lowest BCUT2D eigenvalue weighted by Gasteiger charge is -2.33. The van der Waals surface area contributed by atoms with Gasteiger partial charge in [0.15, 0.2) is 0 Å². The van der Waals surface area contributed by atoms with Gasteiger partial charge in [-0.3, -0.25) is 0 Å². The van der Waals surface area contributed by atoms with Gasteiger partial charge < -0.3 is 10.4 Å². The Morgan fingerprint density at radius 1 is 1.53 bits per heavy atom. The van der Waals surface area contributed by atoms with E-state index in [-0.39, 0.29) is 0 Å². The molecule has 15 heavy (non-hydrogen) atoms. The predicted octanol–water partition coefficient (Wildman–Crippen LogP) is 2.20. The highest BCUT2D eigenvalue weighted by molar-refractivity contribution is 5.83. The summed E-state index contributed by atoms with van der Waals surface area (Å²) in [6.07, 6.45) is 1.46. The van der Waals surface area contributed by atoms with Gasteiger partial charge in [-0.1, -0.05) is 12.1 Å². The number of anilines is 1. The molecule has 0 aromatic heterocycles. The summed E-state index contributed by atoms with van der Waals surface area (Å²) < 4.78 is 0. The van der Waals surface area contributed by atoms with Crippen molar-refractivity contribution in [3.05, 3.63) is 29.3 Å². The van der Waals surface area contributed by atoms with Gasteiger partial charge in [0.25, 0.3) is 0 Å². The van der Waals surface area contributed by atoms with E-state index in [1.807, 2.05) is 13.0 Å². The monoisotopic (exact) mass is 205 g/mol. The van der Waals surface area contributed by atoms with Crippen molar-refractivity contribution < 1.29 is 9.90 Å². The van der Waals surface area contributed by atoms with E-state index in [9.17, 15) is 4.79 Å². The molecule has 0 saturated carbocycles. The first kappa shape index (κ1) is 10.0. The first-order valence-corrected chi connectivity index (χ1v) is 5.12. The van der Waals surface area contributed by atoms with Crippen molar-refractivity contribution in [2.75, 3.05) is 5.32 Å². The average Bonchev–Trinajstić information content (AvgIpc) is 2.16. The minimum atomic E-state index is -0.819. The summed E-state index contributed by atoms with van der Waals surface area (Å²) >= 11 is 0. The van der Waals surface area contributed by atoms with Crippen LogP contribution in [-0.4, -0.2) is 16.6 Å². The second-order valence-electron chi connectivity index (χ2n) is 4.42. The molecule has 3 heteroatoms. The largest absolute Gasteiger partial charge is 0.480 e. The van der Waals surface area contributed by atoms with Gasteiger partial charge in [0.2, 0.25) is 0 Å². The van der Waals surface area contributed by atoms with Gasteiger partial charge in [0, 0.05) is 5.69 Å². The van der Waals surface area contributed by atoms with Crippen LogP contribution in [0.2, 0.25) is 0 Å². The normalized spacial score (nSPS) is 24.1. The molecule has 2 rings (SSSR count). The van der Waals surface area contributed by atoms with Gasteiger partial charge in [0.1, 0.15) is 5.54 Å². The lowest BCUT2D eigenvalue weighted by atomic mass is 9.87. The highest BCUT2D eigenvalue weighted by Crippen LogP contribution is 2.31. The van der Waals surface area contributed by atoms with Crippen LogP contribution in [0, 0.1) is 6.92 Å². The maximum atomic E-state index is 11.1. The molecule has 2 N–H and O–H groups in total. The Kier molecular flexibility index (Phi) is 2.18. The summed E-state index contributed by atoms with van der Waals surface area (Å²) in [4.78, 5) is 11.1. The zero-order chi connectivity index (χ0) is 11.1. The Morgan fingerprint density at radius 2 is 2.27 bits per heavy atom. The molecule has 0 aliphatic carbocycles. The maximum Gasteiger partial charge on any atom is 0.329 e. The number of rotatable bonds is 1. The van der Waals surface area contributed by atoms with Gasteiger partial charge in [-0.05, 0) is 43.9 Å². The summed E-state index contributed by atoms with van der Waals surface area (Å²) in [6, 6.07) is 6.14. The van der Waals surface area contributed by atoms with E-state index in [0.29, 0.717) is 6.42 Å². The fourth-order valence-electron chi connectivity index (χ4n) is 1.93. The Hall–Kier alpha value is -1.51. The molecule has 0 fully saturated rings. The number of hydrogen-bond acceptors (Lipinski definition) is 2. The van der Waals surface area contributed by atoms with E-state index in [0.717, 1.165) is 17.7 Å². The quantitative estimate of drug-likeness (QED) is 0.739. The molecule has 1 aromatic carbocycles. The third kappa shape index (κ3) is 1.69. The third-order valence-electron chi connectivity index (χ3n) is 3.04. The van der Waals surface area contributed by atoms with E-state index < -0.39 is 11.5 Å². The second-order valence-corrected chi connectivity index (χ2v) is 4.42. The van der Waals surface area contributed by atoms with Gasteiger partial charge in [-0.2, -0.15) is 0 Å². The van der Waals surface area contributed by atoms with Crippen LogP contribution in [0.3, 0.4) is 0 Å². The molecule has 0 saturated heterocycles. The van der Waals surface area contributed by atoms with Crippen molar-refractivity contribution in [3.8, 4) is 0 Å². The number of fused-ring (bicyclic) bond motifs is 1. The summed E-state index contributed by atoms with van der Waals surface area (Å²) in [5, 5.41) is 12.2. The molecule has 0 bridgehead atoms. The Labute approximate surface area is 89.1 Å². The van der Waals surface area contributed by atoms with Gasteiger partial charge in [0.05, 0.1) is 0 Å². The smallest absolute Gasteiger partial charge is 0.329 e. The highest BCUT2D eigenvalue weighted by atomic mass is 16.4. The Bertz CT molecular complexity index is 414. The molecule has 0 amide bonds. The topological polar surface area (TPSA) is 49.3 Å². The van der Waals surface area contributed by atoms with Crippen molar-refractivity contribution >= 4 is 11.7 Å². The minimum Gasteiger partial charge on any atom is -0.480 e. The van der Waals surface area contributed by atoms with Crippen molar-refractivity contribution in [1.29, 1.82) is 0 Å². The van der Waals surface area contributed by atoms with Crippen LogP contribution in [0.4, 0.5) is 5.69 Å². The van der Waals surface area contributed by atoms with Crippen LogP contribution in [0.5, 0.6) is 0 Å². The van der Waals surface area contributed by atoms with Crippen LogP contribution in [-0.2, 0) is 11.2 Å². The van der Waals surface area contributed by atoms with Crippen molar-refractivity contribution in [3.63, 3.8) is 0 Å². The number of aliphatic carboxylic acids is 1. The molecular weight excluding hydrogens is 190 g/mol. The fraction of sp³-hybridized carbons (Fsp3) is 0.417. The Morgan fingerprint density at radius 3 is 2.93 bits per heavy atom. The van der Waals surface area contributed by atoms with Gasteiger partial charge >= 0.3 is 5.97 Å². The van der Waals surface area contributed by atoms with E-state index in [2.05, 4.69) is 17.4 Å². The van der Waals surface area contributed by atoms with Crippen molar-refractivity contribution in [2.24, 2.45) is 0 Å². The van der Waals surface area contributed by atoms with Crippen molar-refractivity contribution in [1.82, 2.24) is 0 Å². The van der Waals surface area contributed by atoms with E-state index in [4.69, 9.17) is 5.11 Å². The molecule has 80 valence electrons. The number of hydrogen-bond donors (Lipinski definition) is 2. The molecule has 1 unspecified atom stereocenters. The molecular formula is C12H15NO2. The minimum absolute atomic E-state index is 0.637. The van der Waals surface area contributed by atoms with Crippen LogP contribution < -0.4 is 5.32 Å². The molecule has 1 aliphatic rings. The zero-order valence-corrected chi connectivity index (χ0v) is 9.00. The first-order valence-electron chi connectivity index (χ1n) is 5.12. The van der Waals surface area contributed by atoms with Crippen LogP contribution in [0.25, 0.3) is 0 Å². The number of carboxylic acids is 1. The summed E-state index contributed by atoms with van der Waals surface area (Å²) in [6.45, 7) is 3.75. The zero-order valence-electron chi connectivity index (χ0n) is 9.00. The average molecular weight is 205 g/mol. The van der Waals surface area contributed by atoms with E-state index >= 15 is 0 Å². The number of carboxylic acid groups (broad SMARTS) is 1. The summed E-state index contributed by atoms with van der Waals surface area (Å²) in [5.41, 5.74) is 2.50. The van der Waals surface area contributed by atoms with E-state index in [1.54, 1.807) is 6.92 Å². The lowest BCUT2D eigenvalue weighted by molar-refractivity contribution is -0.142. The lowest BCUT2D eigenvalue weighted by Crippen LogP contribution is -2.46. The fourth-order valence-corrected chi connectivity index (χ4v) is 1.93. The molecule has 1 heterocycles. The van der Waals surface area contributed by atoms with Crippen LogP contribution in [0.15, 0.2) is 18.2 Å². The van der Waals surface area contributed by atoms with Gasteiger partial charge in [-0.25, -0.2) is 4.79 Å². The standard InChI is InChI=1S/C12H15NO2/c1-8-3-4-9-5-6-12(2,11(14)15)13-10(9)7-8/h3-4,7,13H,5-6H2,1-2H3,(H,14,15). The summed E-state index contributed by atoms with van der Waals surface area (Å²) in [5.74, 6) is -0.783. The Balaban J connectivity index is 2.37. The van der Waals surface area contributed by atoms with Crippen molar-refractivity contribution in [2.45, 2.75) is 32.2 Å². The SMILES string of the molecule is Cc1ccc2c(c1)NC(C)(C(=O)O)CC2. The molecule has 3 nitrogen and oxygen atoms in total. The third-order valence-corrected chi connectivity index (χ3v) is 3.04. The number of carbonyl (C=O) groups is 1. The molecule has 1 atom stereocenters. The van der Waals surface area contributed by atoms with E-state index in [1.165, 1.54) is 5.56 Å². The van der Waals surface area contributed by atoms with Gasteiger partial charge in [-0.15, -0.1) is 0 Å². The maximum absolute atomic E-state index is 11.1. The first-order chi connectivity index (χ1) is 7.01. The molecule has 0 radical (unpaired) electrons. The molecule has 0 spiro atoms. The summed E-state index contributed by atoms with van der Waals surface area (Å²) in [7, 11) is 0. The van der Waals surface area contributed by atoms with Crippen LogP contribution >= 0.6 is 0 Å². The second kappa shape index (κ2) is 3.26. The van der Waals surface area contributed by atoms with Crippen LogP contribution in [0.1, 0.15) is 24.5 Å². The number of nitrogens with one attached hydrogen (secondary N) is 1. The molecule has 1 aliphatic heterocycles. The number of benzene rings is 1. The predicted molar refractivity (Wildman–Crippen MR) is 59.2 cm³/mol. The highest BCUT2D eigenvalue weighted by Gasteiger charge is 2.36. The number of aryl methyl sites for hydroxylation is 2.